The highest BCUT2D eigenvalue weighted by molar-refractivity contribution is 6.58. The zero-order valence-electron chi connectivity index (χ0n) is 17.6. The van der Waals surface area contributed by atoms with Crippen LogP contribution in [0.4, 0.5) is 0 Å². The smallest absolute Gasteiger partial charge is 0.488 e. The molecule has 160 valence electrons. The number of ether oxygens (including phenoxy) is 1. The molecule has 5 N–H and O–H groups in total. The van der Waals surface area contributed by atoms with Crippen molar-refractivity contribution < 1.29 is 29.1 Å². The molecular weight excluding hydrogens is 397 g/mol. The zero-order chi connectivity index (χ0) is 23.1. The zero-order valence-corrected chi connectivity index (χ0v) is 17.6. The summed E-state index contributed by atoms with van der Waals surface area (Å²) in [6.07, 6.45) is 4.69. The third-order valence-electron chi connectivity index (χ3n) is 4.61. The van der Waals surface area contributed by atoms with Gasteiger partial charge in [0.05, 0.1) is 29.5 Å². The quantitative estimate of drug-likeness (QED) is 0.158. The van der Waals surface area contributed by atoms with E-state index in [1.165, 1.54) is 32.4 Å². The molecule has 0 unspecified atom stereocenters. The van der Waals surface area contributed by atoms with E-state index >= 15 is 0 Å². The third kappa shape index (κ3) is 4.83. The van der Waals surface area contributed by atoms with Gasteiger partial charge in [0.25, 0.3) is 0 Å². The number of nitrogens with two attached hydrogens (primary N) is 1. The molecule has 0 spiro atoms. The van der Waals surface area contributed by atoms with Crippen molar-refractivity contribution in [2.45, 2.75) is 6.92 Å². The second kappa shape index (κ2) is 10.5. The van der Waals surface area contributed by atoms with Crippen molar-refractivity contribution in [2.75, 3.05) is 14.2 Å². The minimum Gasteiger partial charge on any atom is -0.496 e. The topological polar surface area (TPSA) is 124 Å². The highest BCUT2D eigenvalue weighted by Crippen LogP contribution is 2.37. The standard InChI is InChI=1S/C22H19BO6.CH5N/c1-4-6-16(15(5-2)22(24)25)21-17-9-7-13(23(26)27)11-19(17)29-20-12-14(28-3)8-10-18(20)21;1-2/h4-12,26-27H,1H2,2-3H3;2H2,1H3/p+1/b15-5+,16-6+;. The average molecular weight is 422 g/mol. The lowest BCUT2D eigenvalue weighted by Crippen LogP contribution is -2.29. The Balaban J connectivity index is 0.00000166. The number of carboxylic acid groups (broad SMARTS) is 1. The first-order valence-corrected chi connectivity index (χ1v) is 9.45. The average Bonchev–Trinajstić information content (AvgIpc) is 2.77. The molecule has 2 aromatic carbocycles. The van der Waals surface area contributed by atoms with E-state index in [2.05, 4.69) is 12.3 Å². The van der Waals surface area contributed by atoms with E-state index in [-0.39, 0.29) is 11.0 Å². The maximum atomic E-state index is 11.9. The Bertz CT molecular complexity index is 1180. The van der Waals surface area contributed by atoms with Crippen LogP contribution in [0.5, 0.6) is 5.75 Å². The summed E-state index contributed by atoms with van der Waals surface area (Å²) in [5, 5.41) is 30.1. The van der Waals surface area contributed by atoms with Crippen LogP contribution in [0.3, 0.4) is 0 Å². The Hall–Kier alpha value is -3.46. The molecule has 0 fully saturated rings. The molecule has 0 atom stereocenters. The predicted octanol–water partition coefficient (Wildman–Crippen LogP) is 2.73. The second-order valence-corrected chi connectivity index (χ2v) is 6.29. The first-order valence-electron chi connectivity index (χ1n) is 9.45. The lowest BCUT2D eigenvalue weighted by Gasteiger charge is -2.12. The summed E-state index contributed by atoms with van der Waals surface area (Å²) in [5.74, 6) is -0.498. The summed E-state index contributed by atoms with van der Waals surface area (Å²) >= 11 is 0. The van der Waals surface area contributed by atoms with Crippen molar-refractivity contribution in [3.63, 3.8) is 0 Å². The second-order valence-electron chi connectivity index (χ2n) is 6.29. The number of allylic oxidation sites excluding steroid dienone is 3. The minimum atomic E-state index is -1.66. The number of aliphatic carboxylic acids is 1. The van der Waals surface area contributed by atoms with Gasteiger partial charge in [-0.1, -0.05) is 30.9 Å². The molecule has 7 nitrogen and oxygen atoms in total. The largest absolute Gasteiger partial charge is 0.496 e. The summed E-state index contributed by atoms with van der Waals surface area (Å²) in [5.41, 5.74) is 6.81. The SMILES string of the molecule is C=C/C=C(\C(=C/C)C(=O)O)c1c2ccc(OC)cc2[o+]c2cc(B(O)O)ccc12.CN. The summed E-state index contributed by atoms with van der Waals surface area (Å²) in [6, 6.07) is 10.0. The van der Waals surface area contributed by atoms with Crippen molar-refractivity contribution >= 4 is 46.1 Å². The Morgan fingerprint density at radius 2 is 1.74 bits per heavy atom. The highest BCUT2D eigenvalue weighted by atomic mass is 16.5. The van der Waals surface area contributed by atoms with Crippen molar-refractivity contribution in [1.82, 2.24) is 0 Å². The lowest BCUT2D eigenvalue weighted by molar-refractivity contribution is -0.132. The molecule has 31 heavy (non-hydrogen) atoms. The number of hydrogen-bond donors (Lipinski definition) is 4. The molecule has 8 heteroatoms. The van der Waals surface area contributed by atoms with E-state index < -0.39 is 13.1 Å². The summed E-state index contributed by atoms with van der Waals surface area (Å²) in [7, 11) is 1.38. The molecule has 0 aliphatic carbocycles. The molecule has 0 saturated carbocycles. The highest BCUT2D eigenvalue weighted by Gasteiger charge is 2.26. The summed E-state index contributed by atoms with van der Waals surface area (Å²) in [6.45, 7) is 5.37. The lowest BCUT2D eigenvalue weighted by atomic mass is 9.79. The first kappa shape index (κ1) is 23.8. The van der Waals surface area contributed by atoms with Gasteiger partial charge in [-0.15, -0.1) is 0 Å². The number of hydrogen-bond acceptors (Lipinski definition) is 5. The molecule has 1 heterocycles. The van der Waals surface area contributed by atoms with Crippen LogP contribution in [0.2, 0.25) is 0 Å². The van der Waals surface area contributed by atoms with E-state index in [9.17, 15) is 19.9 Å². The Labute approximate surface area is 180 Å². The molecule has 0 bridgehead atoms. The van der Waals surface area contributed by atoms with Gasteiger partial charge in [-0.25, -0.2) is 9.21 Å². The van der Waals surface area contributed by atoms with Crippen LogP contribution in [0.25, 0.3) is 27.5 Å². The molecular formula is C23H25BNO6+. The van der Waals surface area contributed by atoms with Crippen molar-refractivity contribution in [3.8, 4) is 5.75 Å². The van der Waals surface area contributed by atoms with Gasteiger partial charge in [-0.3, -0.25) is 0 Å². The summed E-state index contributed by atoms with van der Waals surface area (Å²) in [4.78, 5) is 11.9. The van der Waals surface area contributed by atoms with Gasteiger partial charge in [0.2, 0.25) is 0 Å². The van der Waals surface area contributed by atoms with E-state index in [0.29, 0.717) is 38.8 Å². The maximum absolute atomic E-state index is 11.9. The van der Waals surface area contributed by atoms with Gasteiger partial charge in [-0.2, -0.15) is 0 Å². The van der Waals surface area contributed by atoms with E-state index in [0.717, 1.165) is 0 Å². The van der Waals surface area contributed by atoms with Crippen molar-refractivity contribution in [2.24, 2.45) is 5.73 Å². The van der Waals surface area contributed by atoms with Crippen LogP contribution < -0.4 is 15.9 Å². The van der Waals surface area contributed by atoms with Crippen LogP contribution in [0.1, 0.15) is 12.5 Å². The Morgan fingerprint density at radius 1 is 1.13 bits per heavy atom. The van der Waals surface area contributed by atoms with E-state index in [4.69, 9.17) is 9.15 Å². The van der Waals surface area contributed by atoms with Crippen LogP contribution in [0, 0.1) is 0 Å². The Kier molecular flexibility index (Phi) is 8.10. The van der Waals surface area contributed by atoms with Crippen molar-refractivity contribution in [3.05, 3.63) is 72.3 Å². The van der Waals surface area contributed by atoms with Crippen LogP contribution in [-0.2, 0) is 4.79 Å². The van der Waals surface area contributed by atoms with Gasteiger partial charge in [-0.05, 0) is 43.2 Å². The van der Waals surface area contributed by atoms with Gasteiger partial charge in [0.15, 0.2) is 0 Å². The fraction of sp³-hybridized carbons (Fsp3) is 0.130. The summed E-state index contributed by atoms with van der Waals surface area (Å²) < 4.78 is 11.3. The molecule has 3 aromatic rings. The third-order valence-corrected chi connectivity index (χ3v) is 4.61. The van der Waals surface area contributed by atoms with Crippen LogP contribution >= 0.6 is 0 Å². The number of rotatable bonds is 6. The van der Waals surface area contributed by atoms with E-state index in [1.807, 2.05) is 0 Å². The Morgan fingerprint density at radius 3 is 2.26 bits per heavy atom. The van der Waals surface area contributed by atoms with E-state index in [1.54, 1.807) is 43.3 Å². The number of methoxy groups -OCH3 is 1. The molecule has 0 amide bonds. The maximum Gasteiger partial charge on any atom is 0.488 e. The predicted molar refractivity (Wildman–Crippen MR) is 124 cm³/mol. The van der Waals surface area contributed by atoms with Crippen molar-refractivity contribution in [1.29, 1.82) is 0 Å². The molecule has 1 aromatic heterocycles. The number of carboxylic acids is 1. The monoisotopic (exact) mass is 422 g/mol. The van der Waals surface area contributed by atoms with Gasteiger partial charge >= 0.3 is 24.3 Å². The molecule has 0 radical (unpaired) electrons. The minimum absolute atomic E-state index is 0.112. The van der Waals surface area contributed by atoms with Crippen LogP contribution in [0.15, 0.2) is 71.2 Å². The fourth-order valence-electron chi connectivity index (χ4n) is 3.28. The first-order chi connectivity index (χ1) is 14.9. The number of carbonyl (C=O) groups is 1. The van der Waals surface area contributed by atoms with Gasteiger partial charge in [0.1, 0.15) is 5.75 Å². The molecule has 0 aliphatic rings. The van der Waals surface area contributed by atoms with Gasteiger partial charge < -0.3 is 25.6 Å². The van der Waals surface area contributed by atoms with Crippen LogP contribution in [-0.4, -0.2) is 42.4 Å². The molecule has 0 aliphatic heterocycles. The van der Waals surface area contributed by atoms with Gasteiger partial charge in [0, 0.05) is 11.6 Å². The molecule has 3 rings (SSSR count). The normalized spacial score (nSPS) is 11.7. The fourth-order valence-corrected chi connectivity index (χ4v) is 3.28. The number of fused-ring (bicyclic) bond motifs is 2. The molecule has 0 saturated heterocycles. The number of benzene rings is 2.